The third-order valence-electron chi connectivity index (χ3n) is 5.03. The summed E-state index contributed by atoms with van der Waals surface area (Å²) in [4.78, 5) is 10.9. The van der Waals surface area contributed by atoms with Gasteiger partial charge in [0.25, 0.3) is 0 Å². The molecule has 160 valence electrons. The molecule has 0 fully saturated rings. The summed E-state index contributed by atoms with van der Waals surface area (Å²) >= 11 is 5.37. The predicted molar refractivity (Wildman–Crippen MR) is 120 cm³/mol. The van der Waals surface area contributed by atoms with Crippen molar-refractivity contribution >= 4 is 17.6 Å². The van der Waals surface area contributed by atoms with Crippen molar-refractivity contribution in [2.75, 3.05) is 12.5 Å². The Bertz CT molecular complexity index is 328. The minimum absolute atomic E-state index is 0.0323. The number of allylic oxidation sites excluding steroid dienone is 2. The van der Waals surface area contributed by atoms with Gasteiger partial charge in [0.1, 0.15) is 5.88 Å². The molecule has 0 aliphatic rings. The van der Waals surface area contributed by atoms with Crippen LogP contribution in [0.1, 0.15) is 122 Å². The Morgan fingerprint density at radius 2 is 1.07 bits per heavy atom. The Hall–Kier alpha value is -0.500. The van der Waals surface area contributed by atoms with E-state index in [1.165, 1.54) is 103 Å². The largest absolute Gasteiger partial charge is 0.465 e. The lowest BCUT2D eigenvalue weighted by Gasteiger charge is -2.03. The minimum Gasteiger partial charge on any atom is -0.465 e. The minimum atomic E-state index is -0.301. The highest BCUT2D eigenvalue weighted by Gasteiger charge is 1.98. The number of halogens is 1. The Morgan fingerprint density at radius 1 is 0.667 bits per heavy atom. The second kappa shape index (κ2) is 23.5. The van der Waals surface area contributed by atoms with Gasteiger partial charge in [-0.2, -0.15) is 0 Å². The highest BCUT2D eigenvalue weighted by atomic mass is 35.5. The molecular formula is C24H45ClO2. The van der Waals surface area contributed by atoms with E-state index in [0.29, 0.717) is 6.61 Å². The molecule has 0 amide bonds. The summed E-state index contributed by atoms with van der Waals surface area (Å²) in [6.45, 7) is 2.80. The highest BCUT2D eigenvalue weighted by molar-refractivity contribution is 6.26. The molecule has 2 nitrogen and oxygen atoms in total. The van der Waals surface area contributed by atoms with E-state index < -0.39 is 0 Å². The van der Waals surface area contributed by atoms with Crippen molar-refractivity contribution in [2.45, 2.75) is 122 Å². The number of esters is 1. The number of hydrogen-bond donors (Lipinski definition) is 0. The first-order valence-electron chi connectivity index (χ1n) is 11.7. The number of alkyl halides is 1. The Morgan fingerprint density at radius 3 is 1.52 bits per heavy atom. The molecule has 0 unspecified atom stereocenters. The summed E-state index contributed by atoms with van der Waals surface area (Å²) in [5.41, 5.74) is 0. The van der Waals surface area contributed by atoms with Crippen LogP contribution < -0.4 is 0 Å². The van der Waals surface area contributed by atoms with Gasteiger partial charge in [-0.25, -0.2) is 0 Å². The summed E-state index contributed by atoms with van der Waals surface area (Å²) in [5.74, 6) is -0.333. The number of unbranched alkanes of at least 4 members (excludes halogenated alkanes) is 16. The highest BCUT2D eigenvalue weighted by Crippen LogP contribution is 2.12. The van der Waals surface area contributed by atoms with Crippen molar-refractivity contribution in [3.63, 3.8) is 0 Å². The van der Waals surface area contributed by atoms with Crippen LogP contribution in [-0.2, 0) is 9.53 Å². The first-order chi connectivity index (χ1) is 13.3. The molecule has 0 spiro atoms. The number of hydrogen-bond acceptors (Lipinski definition) is 2. The molecule has 27 heavy (non-hydrogen) atoms. The lowest BCUT2D eigenvalue weighted by Crippen LogP contribution is -2.06. The summed E-state index contributed by atoms with van der Waals surface area (Å²) in [6.07, 6.45) is 28.6. The Balaban J connectivity index is 3.08. The van der Waals surface area contributed by atoms with Crippen LogP contribution in [0.15, 0.2) is 12.2 Å². The first-order valence-corrected chi connectivity index (χ1v) is 12.2. The molecule has 0 aromatic heterocycles. The van der Waals surface area contributed by atoms with Gasteiger partial charge in [0.05, 0.1) is 6.61 Å². The Labute approximate surface area is 174 Å². The van der Waals surface area contributed by atoms with Crippen molar-refractivity contribution < 1.29 is 9.53 Å². The molecule has 0 aliphatic heterocycles. The number of rotatable bonds is 21. The zero-order chi connectivity index (χ0) is 19.8. The second-order valence-electron chi connectivity index (χ2n) is 7.71. The maximum atomic E-state index is 10.9. The zero-order valence-corrected chi connectivity index (χ0v) is 18.7. The maximum Gasteiger partial charge on any atom is 0.320 e. The van der Waals surface area contributed by atoms with Crippen molar-refractivity contribution in [2.24, 2.45) is 0 Å². The summed E-state index contributed by atoms with van der Waals surface area (Å²) in [6, 6.07) is 0. The van der Waals surface area contributed by atoms with Gasteiger partial charge in [-0.05, 0) is 32.1 Å². The zero-order valence-electron chi connectivity index (χ0n) is 18.0. The summed E-state index contributed by atoms with van der Waals surface area (Å²) in [5, 5.41) is 0. The van der Waals surface area contributed by atoms with E-state index in [4.69, 9.17) is 16.3 Å². The van der Waals surface area contributed by atoms with Crippen LogP contribution in [0, 0.1) is 0 Å². The van der Waals surface area contributed by atoms with Crippen LogP contribution in [0.25, 0.3) is 0 Å². The van der Waals surface area contributed by atoms with E-state index >= 15 is 0 Å². The molecule has 0 saturated heterocycles. The van der Waals surface area contributed by atoms with Crippen LogP contribution in [0.4, 0.5) is 0 Å². The van der Waals surface area contributed by atoms with E-state index in [2.05, 4.69) is 19.1 Å². The average Bonchev–Trinajstić information content (AvgIpc) is 2.68. The van der Waals surface area contributed by atoms with Crippen LogP contribution in [-0.4, -0.2) is 18.5 Å². The third-order valence-corrected chi connectivity index (χ3v) is 5.25. The van der Waals surface area contributed by atoms with Crippen molar-refractivity contribution in [1.82, 2.24) is 0 Å². The van der Waals surface area contributed by atoms with E-state index in [-0.39, 0.29) is 11.8 Å². The van der Waals surface area contributed by atoms with E-state index in [1.807, 2.05) is 0 Å². The van der Waals surface area contributed by atoms with Gasteiger partial charge in [-0.15, -0.1) is 11.6 Å². The number of carbonyl (C=O) groups excluding carboxylic acids is 1. The molecular weight excluding hydrogens is 356 g/mol. The second-order valence-corrected chi connectivity index (χ2v) is 7.97. The maximum absolute atomic E-state index is 10.9. The lowest BCUT2D eigenvalue weighted by atomic mass is 10.1. The first kappa shape index (κ1) is 26.5. The van der Waals surface area contributed by atoms with Gasteiger partial charge in [-0.1, -0.05) is 103 Å². The molecule has 0 N–H and O–H groups in total. The molecule has 0 rings (SSSR count). The van der Waals surface area contributed by atoms with E-state index in [9.17, 15) is 4.79 Å². The molecule has 0 atom stereocenters. The lowest BCUT2D eigenvalue weighted by molar-refractivity contribution is -0.140. The fourth-order valence-electron chi connectivity index (χ4n) is 3.28. The third kappa shape index (κ3) is 23.5. The number of ether oxygens (including phenoxy) is 1. The quantitative estimate of drug-likeness (QED) is 0.0836. The van der Waals surface area contributed by atoms with Gasteiger partial charge in [0, 0.05) is 0 Å². The molecule has 0 aromatic rings. The molecule has 0 saturated carbocycles. The molecule has 0 heterocycles. The molecule has 0 radical (unpaired) electrons. The fourth-order valence-corrected chi connectivity index (χ4v) is 3.36. The van der Waals surface area contributed by atoms with Gasteiger partial charge in [0.15, 0.2) is 0 Å². The Kier molecular flexibility index (Phi) is 23.1. The van der Waals surface area contributed by atoms with Gasteiger partial charge >= 0.3 is 5.97 Å². The van der Waals surface area contributed by atoms with Gasteiger partial charge in [-0.3, -0.25) is 4.79 Å². The standard InChI is InChI=1S/C24H45ClO2/c1-2-3-4-5-6-7-8-9-10-11-12-13-14-15-16-17-18-19-20-21-22-27-24(26)23-25/h9-10H,2-8,11-23H2,1H3/b10-9-. The molecule has 0 aromatic carbocycles. The van der Waals surface area contributed by atoms with Crippen LogP contribution in [0.5, 0.6) is 0 Å². The fraction of sp³-hybridized carbons (Fsp3) is 0.875. The summed E-state index contributed by atoms with van der Waals surface area (Å²) < 4.78 is 4.95. The van der Waals surface area contributed by atoms with Gasteiger partial charge in [0.2, 0.25) is 0 Å². The van der Waals surface area contributed by atoms with Crippen LogP contribution in [0.2, 0.25) is 0 Å². The SMILES string of the molecule is CCCCCCCC/C=C\CCCCCCCCCCCCOC(=O)CCl. The predicted octanol–water partition coefficient (Wildman–Crippen LogP) is 8.37. The topological polar surface area (TPSA) is 26.3 Å². The molecule has 3 heteroatoms. The molecule has 0 aliphatic carbocycles. The van der Waals surface area contributed by atoms with Crippen molar-refractivity contribution in [1.29, 1.82) is 0 Å². The van der Waals surface area contributed by atoms with Crippen molar-refractivity contribution in [3.8, 4) is 0 Å². The summed E-state index contributed by atoms with van der Waals surface area (Å²) in [7, 11) is 0. The van der Waals surface area contributed by atoms with Crippen LogP contribution >= 0.6 is 11.6 Å². The van der Waals surface area contributed by atoms with Crippen LogP contribution in [0.3, 0.4) is 0 Å². The van der Waals surface area contributed by atoms with Gasteiger partial charge < -0.3 is 4.74 Å². The average molecular weight is 401 g/mol. The smallest absolute Gasteiger partial charge is 0.320 e. The monoisotopic (exact) mass is 400 g/mol. The van der Waals surface area contributed by atoms with E-state index in [1.54, 1.807) is 0 Å². The normalized spacial score (nSPS) is 11.3. The number of carbonyl (C=O) groups is 1. The molecule has 0 bridgehead atoms. The van der Waals surface area contributed by atoms with Crippen molar-refractivity contribution in [3.05, 3.63) is 12.2 Å². The van der Waals surface area contributed by atoms with E-state index in [0.717, 1.165) is 12.8 Å².